The van der Waals surface area contributed by atoms with Crippen LogP contribution in [0.1, 0.15) is 261 Å². The second-order valence-corrected chi connectivity index (χ2v) is 17.4. The van der Waals surface area contributed by atoms with E-state index in [-0.39, 0.29) is 17.4 Å². The third-order valence-electron chi connectivity index (χ3n) is 16.0. The van der Waals surface area contributed by atoms with Crippen molar-refractivity contribution in [3.05, 3.63) is 17.8 Å². The molecule has 0 spiro atoms. The van der Waals surface area contributed by atoms with E-state index in [4.69, 9.17) is 0 Å². The minimum absolute atomic E-state index is 0. The SMILES string of the molecule is CCC(C)(CC)C[C-](C)C(CC)(CC)CC.CCC(C)(CC)C[C-](C)C(CC)(CC)CC.CCC(C)(CC)C[C-](C)C(CC)(CC)CC.[Cr+3]. The quantitative estimate of drug-likeness (QED) is 0.0869. The van der Waals surface area contributed by atoms with Crippen molar-refractivity contribution in [2.45, 2.75) is 261 Å². The average Bonchev–Trinajstić information content (AvgIpc) is 3.11. The van der Waals surface area contributed by atoms with Gasteiger partial charge in [0.25, 0.3) is 0 Å². The van der Waals surface area contributed by atoms with Crippen LogP contribution in [0.3, 0.4) is 0 Å². The van der Waals surface area contributed by atoms with Crippen molar-refractivity contribution in [2.75, 3.05) is 0 Å². The molecule has 0 aliphatic carbocycles. The van der Waals surface area contributed by atoms with Crippen LogP contribution in [0, 0.1) is 50.2 Å². The van der Waals surface area contributed by atoms with Crippen molar-refractivity contribution in [2.24, 2.45) is 32.5 Å². The first-order valence-corrected chi connectivity index (χ1v) is 21.8. The topological polar surface area (TPSA) is 0 Å². The van der Waals surface area contributed by atoms with Crippen molar-refractivity contribution >= 4 is 0 Å². The van der Waals surface area contributed by atoms with Crippen LogP contribution in [0.2, 0.25) is 0 Å². The molecule has 0 amide bonds. The predicted octanol–water partition coefficient (Wildman–Crippen LogP) is 18.0. The third kappa shape index (κ3) is 17.0. The van der Waals surface area contributed by atoms with Gasteiger partial charge in [0.05, 0.1) is 0 Å². The summed E-state index contributed by atoms with van der Waals surface area (Å²) >= 11 is 0. The molecular weight excluding hydrogens is 629 g/mol. The number of hydrogen-bond donors (Lipinski definition) is 0. The van der Waals surface area contributed by atoms with E-state index in [9.17, 15) is 0 Å². The monoisotopic (exact) mass is 728 g/mol. The first kappa shape index (κ1) is 56.3. The molecule has 0 aromatic heterocycles. The maximum atomic E-state index is 2.45. The van der Waals surface area contributed by atoms with Gasteiger partial charge in [-0.1, -0.05) is 237 Å². The Hall–Kier alpha value is 0.532. The molecule has 0 rings (SSSR count). The van der Waals surface area contributed by atoms with E-state index in [0.29, 0.717) is 32.5 Å². The molecular formula is C48H99Cr. The minimum atomic E-state index is 0. The van der Waals surface area contributed by atoms with Crippen molar-refractivity contribution in [1.29, 1.82) is 0 Å². The number of rotatable bonds is 24. The van der Waals surface area contributed by atoms with Gasteiger partial charge in [0, 0.05) is 0 Å². The van der Waals surface area contributed by atoms with Gasteiger partial charge in [0.1, 0.15) is 0 Å². The zero-order valence-electron chi connectivity index (χ0n) is 38.6. The van der Waals surface area contributed by atoms with Crippen molar-refractivity contribution in [1.82, 2.24) is 0 Å². The van der Waals surface area contributed by atoms with Crippen LogP contribution in [0.25, 0.3) is 0 Å². The molecule has 49 heavy (non-hydrogen) atoms. The molecule has 1 heteroatoms. The van der Waals surface area contributed by atoms with Gasteiger partial charge in [-0.2, -0.15) is 56.3 Å². The fourth-order valence-electron chi connectivity index (χ4n) is 8.95. The number of hydrogen-bond acceptors (Lipinski definition) is 0. The Kier molecular flexibility index (Phi) is 31.2. The normalized spacial score (nSPS) is 13.2. The third-order valence-corrected chi connectivity index (χ3v) is 16.0. The van der Waals surface area contributed by atoms with Crippen molar-refractivity contribution < 1.29 is 17.4 Å². The molecule has 0 N–H and O–H groups in total. The van der Waals surface area contributed by atoms with Gasteiger partial charge in [-0.25, -0.2) is 0 Å². The van der Waals surface area contributed by atoms with Crippen LogP contribution in [-0.2, 0) is 17.4 Å². The second-order valence-electron chi connectivity index (χ2n) is 17.4. The maximum absolute atomic E-state index is 2.45. The summed E-state index contributed by atoms with van der Waals surface area (Å²) in [6.45, 7) is 49.7. The summed E-state index contributed by atoms with van der Waals surface area (Å²) in [6, 6.07) is 0. The van der Waals surface area contributed by atoms with Crippen LogP contribution in [0.5, 0.6) is 0 Å². The van der Waals surface area contributed by atoms with E-state index in [1.54, 1.807) is 17.8 Å². The summed E-state index contributed by atoms with van der Waals surface area (Å²) in [4.78, 5) is 0. The molecule has 0 aromatic rings. The second kappa shape index (κ2) is 27.2. The first-order valence-electron chi connectivity index (χ1n) is 21.8. The van der Waals surface area contributed by atoms with E-state index < -0.39 is 0 Å². The molecule has 0 nitrogen and oxygen atoms in total. The zero-order valence-corrected chi connectivity index (χ0v) is 39.9. The van der Waals surface area contributed by atoms with Crippen molar-refractivity contribution in [3.63, 3.8) is 0 Å². The van der Waals surface area contributed by atoms with Gasteiger partial charge in [0.2, 0.25) is 0 Å². The predicted molar refractivity (Wildman–Crippen MR) is 227 cm³/mol. The largest absolute Gasteiger partial charge is 3.00 e. The van der Waals surface area contributed by atoms with Gasteiger partial charge in [-0.3, -0.25) is 0 Å². The first-order chi connectivity index (χ1) is 22.3. The minimum Gasteiger partial charge on any atom is -0.310 e. The van der Waals surface area contributed by atoms with E-state index >= 15 is 0 Å². The van der Waals surface area contributed by atoms with Crippen LogP contribution in [-0.4, -0.2) is 0 Å². The van der Waals surface area contributed by atoms with Gasteiger partial charge in [0.15, 0.2) is 0 Å². The van der Waals surface area contributed by atoms with E-state index in [0.717, 1.165) is 0 Å². The summed E-state index contributed by atoms with van der Waals surface area (Å²) < 4.78 is 0. The standard InChI is InChI=1S/3C16H33.Cr/c3*1-8-15(7,9-2)13-14(6)16(10-3,11-4)12-5;/h3*8-13H2,1-7H3;/q3*-1;+3. The summed E-state index contributed by atoms with van der Waals surface area (Å²) in [6.07, 6.45) is 23.5. The van der Waals surface area contributed by atoms with Gasteiger partial charge in [-0.15, -0.1) is 0 Å². The molecule has 297 valence electrons. The maximum Gasteiger partial charge on any atom is 3.00 e. The van der Waals surface area contributed by atoms with Gasteiger partial charge >= 0.3 is 17.4 Å². The van der Waals surface area contributed by atoms with Crippen molar-refractivity contribution in [3.8, 4) is 0 Å². The summed E-state index contributed by atoms with van der Waals surface area (Å²) in [5, 5.41) is 0. The summed E-state index contributed by atoms with van der Waals surface area (Å²) in [7, 11) is 0. The summed E-state index contributed by atoms with van der Waals surface area (Å²) in [5.41, 5.74) is 3.08. The Morgan fingerprint density at radius 1 is 0.265 bits per heavy atom. The molecule has 0 heterocycles. The molecule has 0 saturated carbocycles. The fourth-order valence-corrected chi connectivity index (χ4v) is 8.95. The fraction of sp³-hybridized carbons (Fsp3) is 0.938. The molecule has 1 radical (unpaired) electrons. The molecule has 0 atom stereocenters. The molecule has 0 aliphatic rings. The van der Waals surface area contributed by atoms with Crippen LogP contribution >= 0.6 is 0 Å². The molecule has 0 saturated heterocycles. The molecule has 0 unspecified atom stereocenters. The Labute approximate surface area is 327 Å². The van der Waals surface area contributed by atoms with Crippen LogP contribution < -0.4 is 0 Å². The van der Waals surface area contributed by atoms with E-state index in [2.05, 4.69) is 145 Å². The Balaban J connectivity index is -0.000000307. The molecule has 0 fully saturated rings. The van der Waals surface area contributed by atoms with E-state index in [1.165, 1.54) is 116 Å². The average molecular weight is 728 g/mol. The zero-order chi connectivity index (χ0) is 38.5. The van der Waals surface area contributed by atoms with Crippen LogP contribution in [0.4, 0.5) is 0 Å². The Morgan fingerprint density at radius 2 is 0.388 bits per heavy atom. The molecule has 0 aromatic carbocycles. The van der Waals surface area contributed by atoms with Gasteiger partial charge in [-0.05, 0) is 0 Å². The molecule has 0 bridgehead atoms. The van der Waals surface area contributed by atoms with Gasteiger partial charge < -0.3 is 17.8 Å². The Morgan fingerprint density at radius 3 is 0.469 bits per heavy atom. The molecule has 0 aliphatic heterocycles. The van der Waals surface area contributed by atoms with Crippen LogP contribution in [0.15, 0.2) is 0 Å². The van der Waals surface area contributed by atoms with E-state index in [1.807, 2.05) is 0 Å². The Bertz CT molecular complexity index is 600. The summed E-state index contributed by atoms with van der Waals surface area (Å²) in [5.74, 6) is 5.23. The smallest absolute Gasteiger partial charge is 0.310 e.